The largest absolute Gasteiger partial charge is 0.497 e. The van der Waals surface area contributed by atoms with Crippen LogP contribution in [0.25, 0.3) is 0 Å². The Morgan fingerprint density at radius 1 is 0.968 bits per heavy atom. The molecule has 1 fully saturated rings. The fourth-order valence-corrected chi connectivity index (χ4v) is 3.46. The van der Waals surface area contributed by atoms with E-state index in [2.05, 4.69) is 32.6 Å². The van der Waals surface area contributed by atoms with Gasteiger partial charge in [0, 0.05) is 45.0 Å². The van der Waals surface area contributed by atoms with Gasteiger partial charge in [-0.2, -0.15) is 0 Å². The van der Waals surface area contributed by atoms with E-state index in [1.165, 1.54) is 5.69 Å². The van der Waals surface area contributed by atoms with Gasteiger partial charge in [0.2, 0.25) is 0 Å². The van der Waals surface area contributed by atoms with Crippen molar-refractivity contribution in [3.63, 3.8) is 0 Å². The maximum atomic E-state index is 12.2. The van der Waals surface area contributed by atoms with Gasteiger partial charge in [0.1, 0.15) is 11.5 Å². The molecule has 8 nitrogen and oxygen atoms in total. The summed E-state index contributed by atoms with van der Waals surface area (Å²) in [6, 6.07) is 15.1. The van der Waals surface area contributed by atoms with Crippen LogP contribution in [0.5, 0.6) is 11.5 Å². The summed E-state index contributed by atoms with van der Waals surface area (Å²) in [4.78, 5) is 28.9. The third kappa shape index (κ3) is 6.36. The number of ether oxygens (including phenoxy) is 2. The zero-order valence-electron chi connectivity index (χ0n) is 18.1. The van der Waals surface area contributed by atoms with E-state index < -0.39 is 11.8 Å². The first-order valence-corrected chi connectivity index (χ1v) is 10.5. The number of para-hydroxylation sites is 2. The number of benzene rings is 2. The Morgan fingerprint density at radius 2 is 1.68 bits per heavy atom. The van der Waals surface area contributed by atoms with Crippen LogP contribution >= 0.6 is 0 Å². The summed E-state index contributed by atoms with van der Waals surface area (Å²) in [6.07, 6.45) is 0. The molecule has 2 amide bonds. The number of nitrogens with zero attached hydrogens (tertiary/aromatic N) is 2. The number of rotatable bonds is 8. The number of anilines is 2. The summed E-state index contributed by atoms with van der Waals surface area (Å²) in [5.74, 6) is 0.0454. The summed E-state index contributed by atoms with van der Waals surface area (Å²) < 4.78 is 10.7. The van der Waals surface area contributed by atoms with Crippen molar-refractivity contribution in [1.82, 2.24) is 10.2 Å². The number of carbonyl (C=O) groups is 2. The fourth-order valence-electron chi connectivity index (χ4n) is 3.46. The van der Waals surface area contributed by atoms with Gasteiger partial charge < -0.3 is 25.0 Å². The Hall–Kier alpha value is -3.26. The molecule has 31 heavy (non-hydrogen) atoms. The van der Waals surface area contributed by atoms with Crippen molar-refractivity contribution in [2.24, 2.45) is 0 Å². The predicted molar refractivity (Wildman–Crippen MR) is 121 cm³/mol. The molecule has 0 saturated carbocycles. The molecule has 0 atom stereocenters. The van der Waals surface area contributed by atoms with E-state index in [1.54, 1.807) is 25.3 Å². The number of carbonyl (C=O) groups excluding carboxylic acids is 2. The number of nitrogens with one attached hydrogen (secondary N) is 2. The minimum absolute atomic E-state index is 0.419. The van der Waals surface area contributed by atoms with Crippen molar-refractivity contribution >= 4 is 23.2 Å². The Labute approximate surface area is 183 Å². The molecule has 0 spiro atoms. The highest BCUT2D eigenvalue weighted by Crippen LogP contribution is 2.23. The van der Waals surface area contributed by atoms with Crippen LogP contribution in [-0.2, 0) is 9.59 Å². The zero-order chi connectivity index (χ0) is 22.1. The van der Waals surface area contributed by atoms with Gasteiger partial charge in [0.05, 0.1) is 19.4 Å². The van der Waals surface area contributed by atoms with Crippen molar-refractivity contribution < 1.29 is 19.1 Å². The second kappa shape index (κ2) is 11.2. The summed E-state index contributed by atoms with van der Waals surface area (Å²) in [5, 5.41) is 5.31. The van der Waals surface area contributed by atoms with Gasteiger partial charge in [-0.05, 0) is 43.3 Å². The molecule has 1 aliphatic heterocycles. The van der Waals surface area contributed by atoms with Crippen LogP contribution in [-0.4, -0.2) is 69.7 Å². The topological polar surface area (TPSA) is 83.1 Å². The van der Waals surface area contributed by atoms with Gasteiger partial charge in [-0.25, -0.2) is 0 Å². The van der Waals surface area contributed by atoms with Gasteiger partial charge in [-0.1, -0.05) is 12.1 Å². The van der Waals surface area contributed by atoms with Crippen LogP contribution in [0, 0.1) is 0 Å². The lowest BCUT2D eigenvalue weighted by molar-refractivity contribution is -0.136. The molecule has 1 saturated heterocycles. The van der Waals surface area contributed by atoms with E-state index in [0.29, 0.717) is 31.1 Å². The third-order valence-corrected chi connectivity index (χ3v) is 5.16. The SMILES string of the molecule is CCOc1ccccc1NC(=O)C(=O)NCCN1CCN(c2ccc(OC)cc2)CC1. The molecule has 2 aromatic carbocycles. The lowest BCUT2D eigenvalue weighted by Gasteiger charge is -2.36. The van der Waals surface area contributed by atoms with Gasteiger partial charge in [0.15, 0.2) is 0 Å². The van der Waals surface area contributed by atoms with Crippen molar-refractivity contribution in [3.05, 3.63) is 48.5 Å². The highest BCUT2D eigenvalue weighted by molar-refractivity contribution is 6.39. The molecular weight excluding hydrogens is 396 g/mol. The standard InChI is InChI=1S/C23H30N4O4/c1-3-31-21-7-5-4-6-20(21)25-23(29)22(28)24-12-13-26-14-16-27(17-15-26)18-8-10-19(30-2)11-9-18/h4-11H,3,12-17H2,1-2H3,(H,24,28)(H,25,29). The summed E-state index contributed by atoms with van der Waals surface area (Å²) in [6.45, 7) is 7.08. The molecule has 1 heterocycles. The van der Waals surface area contributed by atoms with Crippen molar-refractivity contribution in [2.45, 2.75) is 6.92 Å². The highest BCUT2D eigenvalue weighted by Gasteiger charge is 2.19. The monoisotopic (exact) mass is 426 g/mol. The second-order valence-corrected chi connectivity index (χ2v) is 7.17. The summed E-state index contributed by atoms with van der Waals surface area (Å²) >= 11 is 0. The van der Waals surface area contributed by atoms with E-state index in [9.17, 15) is 9.59 Å². The first kappa shape index (κ1) is 22.4. The smallest absolute Gasteiger partial charge is 0.313 e. The molecule has 0 radical (unpaired) electrons. The minimum Gasteiger partial charge on any atom is -0.497 e. The number of piperazine rings is 1. The Bertz CT molecular complexity index is 864. The Morgan fingerprint density at radius 3 is 2.35 bits per heavy atom. The molecule has 0 aromatic heterocycles. The number of hydrogen-bond acceptors (Lipinski definition) is 6. The maximum Gasteiger partial charge on any atom is 0.313 e. The Kier molecular flexibility index (Phi) is 8.12. The lowest BCUT2D eigenvalue weighted by atomic mass is 10.2. The van der Waals surface area contributed by atoms with Crippen LogP contribution in [0.15, 0.2) is 48.5 Å². The van der Waals surface area contributed by atoms with E-state index in [4.69, 9.17) is 9.47 Å². The number of methoxy groups -OCH3 is 1. The molecule has 0 bridgehead atoms. The van der Waals surface area contributed by atoms with Crippen molar-refractivity contribution in [1.29, 1.82) is 0 Å². The molecule has 0 unspecified atom stereocenters. The van der Waals surface area contributed by atoms with Crippen molar-refractivity contribution in [2.75, 3.05) is 63.2 Å². The van der Waals surface area contributed by atoms with Crippen LogP contribution < -0.4 is 25.0 Å². The van der Waals surface area contributed by atoms with E-state index in [-0.39, 0.29) is 0 Å². The van der Waals surface area contributed by atoms with Crippen LogP contribution in [0.1, 0.15) is 6.92 Å². The van der Waals surface area contributed by atoms with E-state index in [1.807, 2.05) is 25.1 Å². The average molecular weight is 427 g/mol. The van der Waals surface area contributed by atoms with Gasteiger partial charge in [-0.3, -0.25) is 14.5 Å². The van der Waals surface area contributed by atoms with Crippen molar-refractivity contribution in [3.8, 4) is 11.5 Å². The van der Waals surface area contributed by atoms with Crippen LogP contribution in [0.4, 0.5) is 11.4 Å². The van der Waals surface area contributed by atoms with Gasteiger partial charge in [-0.15, -0.1) is 0 Å². The number of amides is 2. The lowest BCUT2D eigenvalue weighted by Crippen LogP contribution is -2.49. The van der Waals surface area contributed by atoms with E-state index in [0.717, 1.165) is 31.9 Å². The molecule has 1 aliphatic rings. The molecule has 3 rings (SSSR count). The molecule has 0 aliphatic carbocycles. The van der Waals surface area contributed by atoms with Crippen LogP contribution in [0.2, 0.25) is 0 Å². The predicted octanol–water partition coefficient (Wildman–Crippen LogP) is 1.97. The molecule has 8 heteroatoms. The second-order valence-electron chi connectivity index (χ2n) is 7.17. The van der Waals surface area contributed by atoms with Gasteiger partial charge in [0.25, 0.3) is 0 Å². The first-order valence-electron chi connectivity index (χ1n) is 10.5. The summed E-state index contributed by atoms with van der Waals surface area (Å²) in [7, 11) is 1.66. The highest BCUT2D eigenvalue weighted by atomic mass is 16.5. The van der Waals surface area contributed by atoms with E-state index >= 15 is 0 Å². The zero-order valence-corrected chi connectivity index (χ0v) is 18.1. The Balaban J connectivity index is 1.38. The van der Waals surface area contributed by atoms with Gasteiger partial charge >= 0.3 is 11.8 Å². The normalized spacial score (nSPS) is 14.1. The molecule has 166 valence electrons. The average Bonchev–Trinajstić information content (AvgIpc) is 2.81. The summed E-state index contributed by atoms with van der Waals surface area (Å²) in [5.41, 5.74) is 1.66. The molecular formula is C23H30N4O4. The quantitative estimate of drug-likeness (QED) is 0.628. The number of hydrogen-bond donors (Lipinski definition) is 2. The van der Waals surface area contributed by atoms with Crippen LogP contribution in [0.3, 0.4) is 0 Å². The molecule has 2 aromatic rings. The third-order valence-electron chi connectivity index (χ3n) is 5.16. The fraction of sp³-hybridized carbons (Fsp3) is 0.391. The maximum absolute atomic E-state index is 12.2. The first-order chi connectivity index (χ1) is 15.1. The molecule has 2 N–H and O–H groups in total. The minimum atomic E-state index is -0.698.